The Hall–Kier alpha value is -1.84. The lowest BCUT2D eigenvalue weighted by Crippen LogP contribution is -2.34. The lowest BCUT2D eigenvalue weighted by molar-refractivity contribution is -0.156. The summed E-state index contributed by atoms with van der Waals surface area (Å²) in [6.07, 6.45) is 7.97. The van der Waals surface area contributed by atoms with Gasteiger partial charge in [0, 0.05) is 6.54 Å². The van der Waals surface area contributed by atoms with Crippen molar-refractivity contribution in [2.75, 3.05) is 13.1 Å². The van der Waals surface area contributed by atoms with Gasteiger partial charge in [-0.1, -0.05) is 34.1 Å². The summed E-state index contributed by atoms with van der Waals surface area (Å²) < 4.78 is 15.7. The summed E-state index contributed by atoms with van der Waals surface area (Å²) >= 11 is 0. The molecule has 8 atom stereocenters. The Bertz CT molecular complexity index is 731. The summed E-state index contributed by atoms with van der Waals surface area (Å²) in [6, 6.07) is 0. The zero-order chi connectivity index (χ0) is 23.7. The average molecular weight is 481 g/mol. The van der Waals surface area contributed by atoms with Crippen LogP contribution in [0.4, 0.5) is 0 Å². The van der Waals surface area contributed by atoms with Crippen molar-refractivity contribution >= 4 is 23.8 Å². The molecule has 2 N–H and O–H groups in total. The van der Waals surface area contributed by atoms with Gasteiger partial charge in [-0.05, 0) is 45.1 Å². The van der Waals surface area contributed by atoms with Crippen LogP contribution in [-0.4, -0.2) is 66.2 Å². The van der Waals surface area contributed by atoms with Crippen molar-refractivity contribution in [3.8, 4) is 0 Å². The summed E-state index contributed by atoms with van der Waals surface area (Å²) in [5.41, 5.74) is 5.14. The van der Waals surface area contributed by atoms with Crippen LogP contribution in [0.2, 0.25) is 0 Å². The maximum atomic E-state index is 12.1. The normalized spacial score (nSPS) is 38.0. The molecule has 0 radical (unpaired) electrons. The molecule has 0 saturated carbocycles. The maximum Gasteiger partial charge on any atom is 0.320 e. The molecule has 9 heteroatoms. The van der Waals surface area contributed by atoms with Gasteiger partial charge in [0.2, 0.25) is 11.8 Å². The van der Waals surface area contributed by atoms with Gasteiger partial charge >= 0.3 is 11.9 Å². The number of cyclic esters (lactones) is 2. The van der Waals surface area contributed by atoms with E-state index in [1.54, 1.807) is 0 Å². The van der Waals surface area contributed by atoms with Crippen LogP contribution in [0, 0.1) is 23.7 Å². The number of imide groups is 1. The van der Waals surface area contributed by atoms with Gasteiger partial charge in [0.05, 0.1) is 48.1 Å². The third kappa shape index (κ3) is 4.66. The smallest absolute Gasteiger partial charge is 0.320 e. The first-order valence-corrected chi connectivity index (χ1v) is 12.5. The predicted octanol–water partition coefficient (Wildman–Crippen LogP) is 2.19. The summed E-state index contributed by atoms with van der Waals surface area (Å²) in [5, 5.41) is 0. The number of esters is 2. The highest BCUT2D eigenvalue weighted by Crippen LogP contribution is 2.49. The molecule has 192 valence electrons. The van der Waals surface area contributed by atoms with Gasteiger partial charge in [-0.2, -0.15) is 0 Å². The van der Waals surface area contributed by atoms with E-state index in [0.717, 1.165) is 45.1 Å². The zero-order valence-electron chi connectivity index (χ0n) is 19.6. The monoisotopic (exact) mass is 480 g/mol. The molecule has 0 spiro atoms. The number of hydrogen-bond donors (Lipinski definition) is 1. The molecule has 6 heterocycles. The number of ether oxygens (including phenoxy) is 3. The van der Waals surface area contributed by atoms with E-state index < -0.39 is 0 Å². The Balaban J connectivity index is 0.000000160. The number of hydrogen-bond acceptors (Lipinski definition) is 8. The van der Waals surface area contributed by atoms with Crippen molar-refractivity contribution in [2.45, 2.75) is 97.1 Å². The average Bonchev–Trinajstić information content (AvgIpc) is 3.63. The highest BCUT2D eigenvalue weighted by atomic mass is 16.6. The maximum absolute atomic E-state index is 12.1. The minimum absolute atomic E-state index is 0. The molecule has 6 fully saturated rings. The van der Waals surface area contributed by atoms with E-state index in [2.05, 4.69) is 18.6 Å². The second-order valence-electron chi connectivity index (χ2n) is 9.75. The van der Waals surface area contributed by atoms with Gasteiger partial charge in [0.15, 0.2) is 0 Å². The van der Waals surface area contributed by atoms with E-state index in [4.69, 9.17) is 15.2 Å². The summed E-state index contributed by atoms with van der Waals surface area (Å²) in [6.45, 7) is 5.64. The van der Waals surface area contributed by atoms with Gasteiger partial charge in [0.25, 0.3) is 0 Å². The molecule has 34 heavy (non-hydrogen) atoms. The van der Waals surface area contributed by atoms with Crippen LogP contribution in [0.5, 0.6) is 0 Å². The molecule has 0 aromatic carbocycles. The lowest BCUT2D eigenvalue weighted by atomic mass is 9.81. The second kappa shape index (κ2) is 11.3. The van der Waals surface area contributed by atoms with Gasteiger partial charge in [-0.15, -0.1) is 0 Å². The van der Waals surface area contributed by atoms with Gasteiger partial charge in [-0.25, -0.2) is 0 Å². The summed E-state index contributed by atoms with van der Waals surface area (Å²) in [7, 11) is 0. The fourth-order valence-corrected chi connectivity index (χ4v) is 6.03. The van der Waals surface area contributed by atoms with E-state index in [9.17, 15) is 19.2 Å². The van der Waals surface area contributed by atoms with E-state index in [-0.39, 0.29) is 79.3 Å². The van der Waals surface area contributed by atoms with Crippen LogP contribution in [0.3, 0.4) is 0 Å². The van der Waals surface area contributed by atoms with Crippen LogP contribution in [0.25, 0.3) is 0 Å². The minimum Gasteiger partial charge on any atom is -0.393 e. The van der Waals surface area contributed by atoms with Crippen LogP contribution in [-0.2, 0) is 33.4 Å². The number of carbonyl (C=O) groups is 4. The van der Waals surface area contributed by atoms with Crippen LogP contribution in [0.15, 0.2) is 0 Å². The van der Waals surface area contributed by atoms with Crippen molar-refractivity contribution in [1.29, 1.82) is 0 Å². The highest BCUT2D eigenvalue weighted by Gasteiger charge is 2.62. The molecule has 2 amide bonds. The molecule has 6 aliphatic rings. The molecule has 9 nitrogen and oxygen atoms in total. The Morgan fingerprint density at radius 2 is 1.15 bits per heavy atom. The first-order chi connectivity index (χ1) is 15.9. The van der Waals surface area contributed by atoms with Gasteiger partial charge in [-0.3, -0.25) is 24.1 Å². The fraction of sp³-hybridized carbons (Fsp3) is 0.840. The number of amides is 2. The number of fused-ring (bicyclic) bond motifs is 10. The number of rotatable bonds is 5. The van der Waals surface area contributed by atoms with Crippen molar-refractivity contribution in [3.05, 3.63) is 0 Å². The van der Waals surface area contributed by atoms with E-state index in [0.29, 0.717) is 6.54 Å². The molecular weight excluding hydrogens is 440 g/mol. The predicted molar refractivity (Wildman–Crippen MR) is 123 cm³/mol. The Morgan fingerprint density at radius 3 is 1.50 bits per heavy atom. The quantitative estimate of drug-likeness (QED) is 0.361. The Labute approximate surface area is 202 Å². The fourth-order valence-electron chi connectivity index (χ4n) is 6.03. The topological polar surface area (TPSA) is 125 Å². The largest absolute Gasteiger partial charge is 0.393 e. The first kappa shape index (κ1) is 26.8. The van der Waals surface area contributed by atoms with Gasteiger partial charge < -0.3 is 19.9 Å². The second-order valence-corrected chi connectivity index (χ2v) is 9.75. The number of carbonyl (C=O) groups excluding carboxylic acids is 4. The third-order valence-corrected chi connectivity index (χ3v) is 7.69. The first-order valence-electron chi connectivity index (χ1n) is 12.5. The van der Waals surface area contributed by atoms with Crippen molar-refractivity contribution < 1.29 is 33.4 Å². The van der Waals surface area contributed by atoms with Crippen molar-refractivity contribution in [1.82, 2.24) is 4.90 Å². The van der Waals surface area contributed by atoms with E-state index in [1.165, 1.54) is 17.7 Å². The zero-order valence-corrected chi connectivity index (χ0v) is 19.6. The third-order valence-electron chi connectivity index (χ3n) is 7.69. The molecule has 4 bridgehead atoms. The minimum atomic E-state index is -0.378. The SMILES string of the molecule is C.CCCCN.CCCCN1C(=O)C2C3CCC(O3)C2C1=O.O=C1OC(=O)C2C3CCC(O3)C12. The van der Waals surface area contributed by atoms with Gasteiger partial charge in [0.1, 0.15) is 0 Å². The molecule has 6 rings (SSSR count). The number of unbranched alkanes of at least 4 members (excludes halogenated alkanes) is 2. The van der Waals surface area contributed by atoms with Crippen LogP contribution < -0.4 is 5.73 Å². The molecule has 8 unspecified atom stereocenters. The Kier molecular flexibility index (Phi) is 8.87. The van der Waals surface area contributed by atoms with E-state index >= 15 is 0 Å². The number of nitrogens with zero attached hydrogens (tertiary/aromatic N) is 1. The molecule has 0 aliphatic carbocycles. The number of likely N-dealkylation sites (tertiary alicyclic amines) is 1. The summed E-state index contributed by atoms with van der Waals surface area (Å²) in [5.74, 6) is -1.57. The number of nitrogens with two attached hydrogens (primary N) is 1. The van der Waals surface area contributed by atoms with Crippen LogP contribution in [0.1, 0.15) is 72.6 Å². The molecule has 0 aromatic heterocycles. The molecule has 6 saturated heterocycles. The highest BCUT2D eigenvalue weighted by molar-refractivity contribution is 6.06. The van der Waals surface area contributed by atoms with Crippen molar-refractivity contribution in [3.63, 3.8) is 0 Å². The Morgan fingerprint density at radius 1 is 0.735 bits per heavy atom. The molecule has 6 aliphatic heterocycles. The molecular formula is C25H40N2O7. The standard InChI is InChI=1S/C12H17NO3.C8H8O4.C4H11N.CH4/c1-2-3-6-13-11(14)9-7-4-5-8(16-7)10(9)12(13)15;9-7-5-3-1-2-4(11-3)6(5)8(10)12-7;1-2-3-4-5;/h7-10H,2-6H2,1H3;3-6H,1-2H2;2-5H2,1H3;1H4. The molecule has 0 aromatic rings. The lowest BCUT2D eigenvalue weighted by Gasteiger charge is -2.16. The van der Waals surface area contributed by atoms with Crippen LogP contribution >= 0.6 is 0 Å². The van der Waals surface area contributed by atoms with E-state index in [1.807, 2.05) is 0 Å². The summed E-state index contributed by atoms with van der Waals surface area (Å²) in [4.78, 5) is 48.0. The van der Waals surface area contributed by atoms with Crippen molar-refractivity contribution in [2.24, 2.45) is 29.4 Å².